The summed E-state index contributed by atoms with van der Waals surface area (Å²) in [5.41, 5.74) is 4.76. The van der Waals surface area contributed by atoms with Crippen molar-refractivity contribution in [3.05, 3.63) is 0 Å². The molecule has 1 aliphatic rings. The molecule has 1 heterocycles. The first kappa shape index (κ1) is 14.8. The van der Waals surface area contributed by atoms with Gasteiger partial charge in [-0.1, -0.05) is 19.1 Å². The Labute approximate surface area is 108 Å². The average Bonchev–Trinajstić information content (AvgIpc) is 2.29. The molecule has 0 aromatic rings. The van der Waals surface area contributed by atoms with Crippen molar-refractivity contribution in [2.24, 2.45) is 5.73 Å². The van der Waals surface area contributed by atoms with Gasteiger partial charge in [-0.25, -0.2) is 13.1 Å². The van der Waals surface area contributed by atoms with Crippen LogP contribution in [0.25, 0.3) is 0 Å². The third-order valence-electron chi connectivity index (χ3n) is 3.23. The molecule has 1 atom stereocenters. The summed E-state index contributed by atoms with van der Waals surface area (Å²) in [6.45, 7) is 4.54. The molecule has 0 spiro atoms. The standard InChI is InChI=1S/C10H20N2O3S2/c1-3-10(2,9(11)16)12-17(13,14)8-4-6-15-7-5-8/h8,12H,3-7H2,1-2H3,(H2,11,16). The minimum absolute atomic E-state index is 0.177. The van der Waals surface area contributed by atoms with Crippen LogP contribution in [0.1, 0.15) is 33.1 Å². The Hall–Kier alpha value is -0.240. The summed E-state index contributed by atoms with van der Waals surface area (Å²) < 4.78 is 32.2. The van der Waals surface area contributed by atoms with Crippen LogP contribution in [0, 0.1) is 0 Å². The summed E-state index contributed by atoms with van der Waals surface area (Å²) in [6, 6.07) is 0. The van der Waals surface area contributed by atoms with Crippen molar-refractivity contribution in [2.45, 2.75) is 43.9 Å². The van der Waals surface area contributed by atoms with Gasteiger partial charge in [-0.05, 0) is 26.2 Å². The fourth-order valence-corrected chi connectivity index (χ4v) is 3.80. The lowest BCUT2D eigenvalue weighted by atomic mass is 10.0. The molecule has 7 heteroatoms. The molecule has 0 aromatic carbocycles. The first-order chi connectivity index (χ1) is 7.82. The third kappa shape index (κ3) is 3.61. The quantitative estimate of drug-likeness (QED) is 0.718. The van der Waals surface area contributed by atoms with Gasteiger partial charge >= 0.3 is 0 Å². The second-order valence-corrected chi connectivity index (χ2v) is 6.91. The van der Waals surface area contributed by atoms with Gasteiger partial charge in [0.2, 0.25) is 10.0 Å². The van der Waals surface area contributed by atoms with Crippen LogP contribution in [0.3, 0.4) is 0 Å². The lowest BCUT2D eigenvalue weighted by molar-refractivity contribution is 0.0980. The molecule has 3 N–H and O–H groups in total. The largest absolute Gasteiger partial charge is 0.392 e. The molecule has 1 saturated heterocycles. The summed E-state index contributed by atoms with van der Waals surface area (Å²) >= 11 is 4.93. The summed E-state index contributed by atoms with van der Waals surface area (Å²) in [6.07, 6.45) is 1.57. The Morgan fingerprint density at radius 2 is 2.06 bits per heavy atom. The number of sulfonamides is 1. The molecule has 1 fully saturated rings. The van der Waals surface area contributed by atoms with Crippen molar-refractivity contribution in [1.29, 1.82) is 0 Å². The van der Waals surface area contributed by atoms with Gasteiger partial charge in [-0.3, -0.25) is 0 Å². The second kappa shape index (κ2) is 5.60. The maximum Gasteiger partial charge on any atom is 0.215 e. The van der Waals surface area contributed by atoms with Gasteiger partial charge < -0.3 is 10.5 Å². The molecular weight excluding hydrogens is 260 g/mol. The molecule has 0 amide bonds. The number of rotatable bonds is 5. The maximum atomic E-state index is 12.2. The molecule has 0 saturated carbocycles. The van der Waals surface area contributed by atoms with E-state index in [1.165, 1.54) is 0 Å². The molecule has 17 heavy (non-hydrogen) atoms. The molecule has 0 aliphatic carbocycles. The summed E-state index contributed by atoms with van der Waals surface area (Å²) in [4.78, 5) is 0.177. The summed E-state index contributed by atoms with van der Waals surface area (Å²) in [7, 11) is -3.40. The number of nitrogens with two attached hydrogens (primary N) is 1. The zero-order chi connectivity index (χ0) is 13.1. The fourth-order valence-electron chi connectivity index (χ4n) is 1.68. The Morgan fingerprint density at radius 3 is 2.47 bits per heavy atom. The van der Waals surface area contributed by atoms with Crippen molar-refractivity contribution in [3.63, 3.8) is 0 Å². The summed E-state index contributed by atoms with van der Waals surface area (Å²) in [5.74, 6) is 0. The van der Waals surface area contributed by atoms with E-state index in [4.69, 9.17) is 22.7 Å². The molecule has 1 unspecified atom stereocenters. The highest BCUT2D eigenvalue weighted by atomic mass is 32.2. The number of hydrogen-bond donors (Lipinski definition) is 2. The Balaban J connectivity index is 2.80. The number of nitrogens with one attached hydrogen (secondary N) is 1. The molecule has 5 nitrogen and oxygen atoms in total. The van der Waals surface area contributed by atoms with Gasteiger partial charge in [0.25, 0.3) is 0 Å². The first-order valence-corrected chi connectivity index (χ1v) is 7.68. The van der Waals surface area contributed by atoms with Crippen LogP contribution in [0.2, 0.25) is 0 Å². The molecule has 0 bridgehead atoms. The van der Waals surface area contributed by atoms with Gasteiger partial charge in [0.05, 0.1) is 15.8 Å². The highest BCUT2D eigenvalue weighted by Crippen LogP contribution is 2.19. The Bertz CT molecular complexity index is 377. The smallest absolute Gasteiger partial charge is 0.215 e. The van der Waals surface area contributed by atoms with Crippen molar-refractivity contribution in [2.75, 3.05) is 13.2 Å². The van der Waals surface area contributed by atoms with Gasteiger partial charge in [0, 0.05) is 13.2 Å². The van der Waals surface area contributed by atoms with Crippen LogP contribution in [0.15, 0.2) is 0 Å². The first-order valence-electron chi connectivity index (χ1n) is 5.72. The maximum absolute atomic E-state index is 12.2. The number of hydrogen-bond acceptors (Lipinski definition) is 4. The van der Waals surface area contributed by atoms with Crippen LogP contribution in [0.4, 0.5) is 0 Å². The van der Waals surface area contributed by atoms with E-state index in [0.717, 1.165) is 0 Å². The monoisotopic (exact) mass is 280 g/mol. The lowest BCUT2D eigenvalue weighted by Crippen LogP contribution is -2.56. The zero-order valence-corrected chi connectivity index (χ0v) is 11.9. The van der Waals surface area contributed by atoms with Crippen molar-refractivity contribution in [1.82, 2.24) is 4.72 Å². The van der Waals surface area contributed by atoms with E-state index in [-0.39, 0.29) is 4.99 Å². The van der Waals surface area contributed by atoms with Crippen LogP contribution < -0.4 is 10.5 Å². The SMILES string of the molecule is CCC(C)(NS(=O)(=O)C1CCOCC1)C(N)=S. The highest BCUT2D eigenvalue weighted by Gasteiger charge is 2.36. The summed E-state index contributed by atoms with van der Waals surface area (Å²) in [5, 5.41) is -0.406. The minimum atomic E-state index is -3.40. The molecule has 100 valence electrons. The van der Waals surface area contributed by atoms with Gasteiger partial charge in [-0.15, -0.1) is 0 Å². The van der Waals surface area contributed by atoms with Crippen LogP contribution in [-0.4, -0.2) is 37.4 Å². The number of thiocarbonyl (C=S) groups is 1. The van der Waals surface area contributed by atoms with E-state index in [2.05, 4.69) is 4.72 Å². The van der Waals surface area contributed by atoms with Gasteiger partial charge in [0.1, 0.15) is 0 Å². The predicted octanol–water partition coefficient (Wildman–Crippen LogP) is 0.540. The van der Waals surface area contributed by atoms with E-state index in [1.807, 2.05) is 6.92 Å². The molecule has 0 radical (unpaired) electrons. The Morgan fingerprint density at radius 1 is 1.53 bits per heavy atom. The molecule has 1 aliphatic heterocycles. The van der Waals surface area contributed by atoms with Gasteiger partial charge in [0.15, 0.2) is 0 Å². The predicted molar refractivity (Wildman–Crippen MR) is 71.4 cm³/mol. The molecule has 1 rings (SSSR count). The van der Waals surface area contributed by atoms with E-state index < -0.39 is 20.8 Å². The van der Waals surface area contributed by atoms with Crippen LogP contribution in [0.5, 0.6) is 0 Å². The van der Waals surface area contributed by atoms with Crippen molar-refractivity contribution >= 4 is 27.2 Å². The second-order valence-electron chi connectivity index (χ2n) is 4.51. The topological polar surface area (TPSA) is 81.4 Å². The average molecular weight is 280 g/mol. The van der Waals surface area contributed by atoms with E-state index in [0.29, 0.717) is 32.5 Å². The fraction of sp³-hybridized carbons (Fsp3) is 0.900. The van der Waals surface area contributed by atoms with Crippen LogP contribution in [-0.2, 0) is 14.8 Å². The molecular formula is C10H20N2O3S2. The molecule has 0 aromatic heterocycles. The minimum Gasteiger partial charge on any atom is -0.392 e. The normalized spacial score (nSPS) is 22.0. The van der Waals surface area contributed by atoms with Gasteiger partial charge in [-0.2, -0.15) is 0 Å². The number of ether oxygens (including phenoxy) is 1. The zero-order valence-electron chi connectivity index (χ0n) is 10.2. The van der Waals surface area contributed by atoms with Crippen molar-refractivity contribution < 1.29 is 13.2 Å². The Kier molecular flexibility index (Phi) is 4.88. The van der Waals surface area contributed by atoms with Crippen molar-refractivity contribution in [3.8, 4) is 0 Å². The highest BCUT2D eigenvalue weighted by molar-refractivity contribution is 7.90. The lowest BCUT2D eigenvalue weighted by Gasteiger charge is -2.31. The van der Waals surface area contributed by atoms with E-state index in [9.17, 15) is 8.42 Å². The van der Waals surface area contributed by atoms with E-state index in [1.54, 1.807) is 6.92 Å². The van der Waals surface area contributed by atoms with E-state index >= 15 is 0 Å². The third-order valence-corrected chi connectivity index (χ3v) is 5.76. The van der Waals surface area contributed by atoms with Crippen LogP contribution >= 0.6 is 12.2 Å².